The summed E-state index contributed by atoms with van der Waals surface area (Å²) in [4.78, 5) is 8.93. The molecule has 0 amide bonds. The number of carboxylic acids is 1. The summed E-state index contributed by atoms with van der Waals surface area (Å²) in [5.74, 6) is -0.833. The van der Waals surface area contributed by atoms with Crippen LogP contribution in [0.15, 0.2) is 29.2 Å². The fourth-order valence-electron chi connectivity index (χ4n) is 1.63. The Morgan fingerprint density at radius 2 is 1.45 bits per heavy atom. The molecule has 0 saturated heterocycles. The summed E-state index contributed by atoms with van der Waals surface area (Å²) in [7, 11) is -4.02. The second-order valence-corrected chi connectivity index (χ2v) is 6.29. The first-order chi connectivity index (χ1) is 10.0. The van der Waals surface area contributed by atoms with Gasteiger partial charge in [0.25, 0.3) is 16.1 Å². The second-order valence-electron chi connectivity index (χ2n) is 4.87. The summed E-state index contributed by atoms with van der Waals surface area (Å²) >= 11 is 0. The van der Waals surface area contributed by atoms with Crippen molar-refractivity contribution in [1.29, 1.82) is 0 Å². The first kappa shape index (κ1) is 20.5. The third kappa shape index (κ3) is 9.46. The molecule has 0 aromatic heterocycles. The zero-order valence-electron chi connectivity index (χ0n) is 12.5. The van der Waals surface area contributed by atoms with Gasteiger partial charge >= 0.3 is 0 Å². The van der Waals surface area contributed by atoms with E-state index in [9.17, 15) is 8.42 Å². The third-order valence-electron chi connectivity index (χ3n) is 2.76. The van der Waals surface area contributed by atoms with Gasteiger partial charge in [0.15, 0.2) is 0 Å². The van der Waals surface area contributed by atoms with Gasteiger partial charge in [0.2, 0.25) is 0 Å². The van der Waals surface area contributed by atoms with Crippen molar-refractivity contribution in [2.24, 2.45) is 0 Å². The largest absolute Gasteiger partial charge is 0.481 e. The highest BCUT2D eigenvalue weighted by molar-refractivity contribution is 7.85. The maximum Gasteiger partial charge on any atom is 0.300 e. The number of benzene rings is 1. The highest BCUT2D eigenvalue weighted by Crippen LogP contribution is 2.17. The van der Waals surface area contributed by atoms with Crippen LogP contribution in [-0.4, -0.2) is 46.5 Å². The monoisotopic (exact) mass is 334 g/mol. The molecule has 1 aromatic rings. The molecule has 1 saturated carbocycles. The minimum atomic E-state index is -4.02. The van der Waals surface area contributed by atoms with Crippen molar-refractivity contribution in [3.05, 3.63) is 29.8 Å². The number of aliphatic hydroxyl groups is 2. The third-order valence-corrected chi connectivity index (χ3v) is 3.63. The molecular weight excluding hydrogens is 312 g/mol. The Kier molecular flexibility index (Phi) is 8.88. The smallest absolute Gasteiger partial charge is 0.300 e. The van der Waals surface area contributed by atoms with E-state index in [-0.39, 0.29) is 4.90 Å². The fourth-order valence-corrected chi connectivity index (χ4v) is 2.11. The molecule has 4 N–H and O–H groups in total. The van der Waals surface area contributed by atoms with Gasteiger partial charge in [-0.25, -0.2) is 0 Å². The van der Waals surface area contributed by atoms with Gasteiger partial charge in [0.1, 0.15) is 0 Å². The highest BCUT2D eigenvalue weighted by Gasteiger charge is 2.21. The minimum absolute atomic E-state index is 0.0666. The van der Waals surface area contributed by atoms with Crippen LogP contribution in [0.3, 0.4) is 0 Å². The molecule has 126 valence electrons. The Labute approximate surface area is 130 Å². The van der Waals surface area contributed by atoms with E-state index in [1.165, 1.54) is 12.1 Å². The molecule has 22 heavy (non-hydrogen) atoms. The molecule has 1 aromatic carbocycles. The zero-order valence-corrected chi connectivity index (χ0v) is 13.3. The van der Waals surface area contributed by atoms with E-state index >= 15 is 0 Å². The predicted molar refractivity (Wildman–Crippen MR) is 80.2 cm³/mol. The number of rotatable bonds is 1. The van der Waals surface area contributed by atoms with Crippen LogP contribution in [-0.2, 0) is 14.9 Å². The molecule has 0 unspecified atom stereocenters. The van der Waals surface area contributed by atoms with Crippen molar-refractivity contribution < 1.29 is 33.1 Å². The fraction of sp³-hybridized carbons (Fsp3) is 0.500. The van der Waals surface area contributed by atoms with E-state index in [1.54, 1.807) is 12.1 Å². The number of carboxylic acid groups (broad SMARTS) is 1. The standard InChI is InChI=1S/C7H8O3S.C5H10O2.C2H4O2/c1-6-2-4-7(5-3-6)11(8,9)10;6-4-2-1-3-5(4)7;1-2(3)4/h2-5H,1H3,(H,8,9,10);4-7H,1-3H2;1H3,(H,3,4)/t;4-,5-;/m.1./s1. The Bertz CT molecular complexity index is 539. The van der Waals surface area contributed by atoms with Crippen molar-refractivity contribution >= 4 is 16.1 Å². The average molecular weight is 334 g/mol. The normalized spacial score (nSPS) is 20.2. The minimum Gasteiger partial charge on any atom is -0.481 e. The Morgan fingerprint density at radius 3 is 1.68 bits per heavy atom. The first-order valence-corrected chi connectivity index (χ1v) is 8.08. The summed E-state index contributed by atoms with van der Waals surface area (Å²) in [5.41, 5.74) is 0.956. The average Bonchev–Trinajstić information content (AvgIpc) is 2.73. The molecule has 1 aliphatic rings. The highest BCUT2D eigenvalue weighted by atomic mass is 32.2. The molecule has 2 atom stereocenters. The quantitative estimate of drug-likeness (QED) is 0.568. The van der Waals surface area contributed by atoms with Crippen LogP contribution in [0.1, 0.15) is 31.7 Å². The van der Waals surface area contributed by atoms with Gasteiger partial charge in [-0.2, -0.15) is 8.42 Å². The van der Waals surface area contributed by atoms with E-state index in [2.05, 4.69) is 0 Å². The second kappa shape index (κ2) is 9.52. The van der Waals surface area contributed by atoms with Gasteiger partial charge in [-0.15, -0.1) is 0 Å². The predicted octanol–water partition coefficient (Wildman–Crippen LogP) is 1.22. The molecule has 0 aliphatic heterocycles. The van der Waals surface area contributed by atoms with Crippen molar-refractivity contribution in [3.8, 4) is 0 Å². The van der Waals surface area contributed by atoms with E-state index < -0.39 is 28.3 Å². The Hall–Kier alpha value is -1.48. The number of hydrogen-bond acceptors (Lipinski definition) is 5. The van der Waals surface area contributed by atoms with Crippen LogP contribution < -0.4 is 0 Å². The summed E-state index contributed by atoms with van der Waals surface area (Å²) in [5, 5.41) is 24.9. The molecule has 0 spiro atoms. The number of carbonyl (C=O) groups is 1. The molecule has 8 heteroatoms. The van der Waals surface area contributed by atoms with Gasteiger partial charge in [-0.05, 0) is 38.3 Å². The topological polar surface area (TPSA) is 132 Å². The van der Waals surface area contributed by atoms with Crippen molar-refractivity contribution in [3.63, 3.8) is 0 Å². The van der Waals surface area contributed by atoms with Gasteiger partial charge in [-0.3, -0.25) is 9.35 Å². The van der Waals surface area contributed by atoms with Crippen LogP contribution in [0.5, 0.6) is 0 Å². The number of aliphatic hydroxyl groups excluding tert-OH is 2. The molecule has 1 fully saturated rings. The van der Waals surface area contributed by atoms with Crippen LogP contribution >= 0.6 is 0 Å². The van der Waals surface area contributed by atoms with Gasteiger partial charge in [0, 0.05) is 6.92 Å². The summed E-state index contributed by atoms with van der Waals surface area (Å²) < 4.78 is 29.6. The number of aryl methyl sites for hydroxylation is 1. The zero-order chi connectivity index (χ0) is 17.3. The molecular formula is C14H22O7S. The van der Waals surface area contributed by atoms with E-state index in [4.69, 9.17) is 24.7 Å². The van der Waals surface area contributed by atoms with E-state index in [0.717, 1.165) is 31.7 Å². The lowest BCUT2D eigenvalue weighted by atomic mass is 10.2. The lowest BCUT2D eigenvalue weighted by Crippen LogP contribution is -2.17. The summed E-state index contributed by atoms with van der Waals surface area (Å²) in [6.07, 6.45) is 1.67. The van der Waals surface area contributed by atoms with Crippen molar-refractivity contribution in [2.75, 3.05) is 0 Å². The lowest BCUT2D eigenvalue weighted by molar-refractivity contribution is -0.134. The molecule has 2 rings (SSSR count). The SMILES string of the molecule is CC(=O)O.Cc1ccc(S(=O)(=O)O)cc1.O[C@@H]1CCC[C@H]1O. The summed E-state index contributed by atoms with van der Waals surface area (Å²) in [6.45, 7) is 2.92. The van der Waals surface area contributed by atoms with E-state index in [0.29, 0.717) is 0 Å². The molecule has 0 heterocycles. The van der Waals surface area contributed by atoms with Gasteiger partial charge < -0.3 is 15.3 Å². The van der Waals surface area contributed by atoms with Crippen LogP contribution in [0.2, 0.25) is 0 Å². The van der Waals surface area contributed by atoms with Gasteiger partial charge in [-0.1, -0.05) is 17.7 Å². The maximum atomic E-state index is 10.5. The van der Waals surface area contributed by atoms with E-state index in [1.807, 2.05) is 6.92 Å². The number of hydrogen-bond donors (Lipinski definition) is 4. The van der Waals surface area contributed by atoms with Crippen molar-refractivity contribution in [2.45, 2.75) is 50.2 Å². The number of aliphatic carboxylic acids is 1. The molecule has 0 radical (unpaired) electrons. The van der Waals surface area contributed by atoms with Crippen LogP contribution in [0.25, 0.3) is 0 Å². The lowest BCUT2D eigenvalue weighted by Gasteiger charge is -2.03. The maximum absolute atomic E-state index is 10.5. The van der Waals surface area contributed by atoms with Crippen LogP contribution in [0.4, 0.5) is 0 Å². The Morgan fingerprint density at radius 1 is 1.09 bits per heavy atom. The molecule has 1 aliphatic carbocycles. The van der Waals surface area contributed by atoms with Gasteiger partial charge in [0.05, 0.1) is 17.1 Å². The van der Waals surface area contributed by atoms with Crippen molar-refractivity contribution in [1.82, 2.24) is 0 Å². The Balaban J connectivity index is 0.000000343. The summed E-state index contributed by atoms with van der Waals surface area (Å²) in [6, 6.07) is 5.99. The molecule has 0 bridgehead atoms. The van der Waals surface area contributed by atoms with Crippen LogP contribution in [0, 0.1) is 6.92 Å². The molecule has 7 nitrogen and oxygen atoms in total. The first-order valence-electron chi connectivity index (χ1n) is 6.64.